The van der Waals surface area contributed by atoms with Gasteiger partial charge in [0.2, 0.25) is 0 Å². The van der Waals surface area contributed by atoms with Crippen molar-refractivity contribution in [3.63, 3.8) is 0 Å². The van der Waals surface area contributed by atoms with E-state index in [0.717, 1.165) is 24.1 Å². The molecule has 1 unspecified atom stereocenters. The molecule has 2 rings (SSSR count). The number of nitrogens with zero attached hydrogens (tertiary/aromatic N) is 1. The van der Waals surface area contributed by atoms with E-state index in [-0.39, 0.29) is 0 Å². The van der Waals surface area contributed by atoms with Crippen LogP contribution >= 0.6 is 0 Å². The van der Waals surface area contributed by atoms with Crippen molar-refractivity contribution in [2.45, 2.75) is 66.2 Å². The van der Waals surface area contributed by atoms with Crippen molar-refractivity contribution in [1.82, 2.24) is 4.90 Å². The predicted octanol–water partition coefficient (Wildman–Crippen LogP) is 7.53. The molecule has 2 heteroatoms. The maximum absolute atomic E-state index is 5.30. The van der Waals surface area contributed by atoms with Crippen LogP contribution in [0.5, 0.6) is 5.75 Å². The van der Waals surface area contributed by atoms with E-state index in [0.29, 0.717) is 11.8 Å². The number of ether oxygens (including phenoxy) is 1. The lowest BCUT2D eigenvalue weighted by molar-refractivity contribution is 0.301. The average molecular weight is 412 g/mol. The molecule has 0 saturated heterocycles. The second-order valence-electron chi connectivity index (χ2n) is 9.20. The van der Waals surface area contributed by atoms with Crippen LogP contribution in [0.2, 0.25) is 0 Å². The fourth-order valence-electron chi connectivity index (χ4n) is 4.53. The van der Waals surface area contributed by atoms with Gasteiger partial charge in [-0.3, -0.25) is 0 Å². The zero-order chi connectivity index (χ0) is 22.7. The molecule has 0 saturated carbocycles. The number of benzene rings is 2. The molecule has 2 aromatic carbocycles. The first-order valence-corrected chi connectivity index (χ1v) is 11.6. The minimum Gasteiger partial charge on any atom is -0.497 e. The van der Waals surface area contributed by atoms with E-state index < -0.39 is 0 Å². The summed E-state index contributed by atoms with van der Waals surface area (Å²) in [5.74, 6) is 3.68. The minimum atomic E-state index is 0.604. The van der Waals surface area contributed by atoms with Crippen LogP contribution in [0.15, 0.2) is 48.5 Å². The lowest BCUT2D eigenvalue weighted by Crippen LogP contribution is -2.24. The van der Waals surface area contributed by atoms with E-state index in [1.807, 2.05) is 6.07 Å². The van der Waals surface area contributed by atoms with Crippen LogP contribution in [0.4, 0.5) is 0 Å². The van der Waals surface area contributed by atoms with Gasteiger partial charge >= 0.3 is 0 Å². The third kappa shape index (κ3) is 8.52. The third-order valence-electron chi connectivity index (χ3n) is 6.02. The Morgan fingerprint density at radius 1 is 0.833 bits per heavy atom. The van der Waals surface area contributed by atoms with Gasteiger partial charge in [-0.05, 0) is 80.8 Å². The number of hydrogen-bond acceptors (Lipinski definition) is 2. The van der Waals surface area contributed by atoms with Crippen LogP contribution in [-0.2, 0) is 0 Å². The zero-order valence-corrected chi connectivity index (χ0v) is 20.9. The highest BCUT2D eigenvalue weighted by atomic mass is 16.5. The quantitative estimate of drug-likeness (QED) is 0.423. The van der Waals surface area contributed by atoms with Gasteiger partial charge in [-0.2, -0.15) is 0 Å². The van der Waals surface area contributed by atoms with Crippen molar-refractivity contribution < 1.29 is 4.74 Å². The molecule has 0 aliphatic heterocycles. The van der Waals surface area contributed by atoms with E-state index in [2.05, 4.69) is 103 Å². The normalized spacial score (nSPS) is 14.1. The summed E-state index contributed by atoms with van der Waals surface area (Å²) in [5, 5.41) is 0. The second-order valence-corrected chi connectivity index (χ2v) is 9.20. The summed E-state index contributed by atoms with van der Waals surface area (Å²) in [6.45, 7) is 14.7. The Hall–Kier alpha value is -1.80. The maximum Gasteiger partial charge on any atom is 0.119 e. The molecular weight excluding hydrogens is 366 g/mol. The second kappa shape index (κ2) is 13.5. The van der Waals surface area contributed by atoms with Crippen molar-refractivity contribution in [1.29, 1.82) is 0 Å². The van der Waals surface area contributed by atoms with Crippen molar-refractivity contribution in [3.8, 4) is 5.75 Å². The number of rotatable bonds is 9. The Balaban J connectivity index is 0.000000311. The van der Waals surface area contributed by atoms with Gasteiger partial charge in [0.15, 0.2) is 0 Å². The van der Waals surface area contributed by atoms with Crippen molar-refractivity contribution >= 4 is 0 Å². The Bertz CT molecular complexity index is 722. The van der Waals surface area contributed by atoms with Crippen LogP contribution in [0.25, 0.3) is 0 Å². The summed E-state index contributed by atoms with van der Waals surface area (Å²) in [7, 11) is 5.99. The molecule has 0 radical (unpaired) electrons. The molecule has 0 bridgehead atoms. The topological polar surface area (TPSA) is 12.5 Å². The molecule has 2 nitrogen and oxygen atoms in total. The molecule has 0 N–H and O–H groups in total. The van der Waals surface area contributed by atoms with Crippen LogP contribution in [-0.4, -0.2) is 32.6 Å². The highest BCUT2D eigenvalue weighted by molar-refractivity contribution is 5.31. The summed E-state index contributed by atoms with van der Waals surface area (Å²) in [4.78, 5) is 2.26. The van der Waals surface area contributed by atoms with Gasteiger partial charge in [0.25, 0.3) is 0 Å². The first-order chi connectivity index (χ1) is 14.2. The number of aryl methyl sites for hydroxylation is 1. The molecule has 0 aliphatic rings. The minimum absolute atomic E-state index is 0.604. The van der Waals surface area contributed by atoms with Crippen LogP contribution < -0.4 is 4.74 Å². The van der Waals surface area contributed by atoms with Gasteiger partial charge in [0, 0.05) is 6.54 Å². The van der Waals surface area contributed by atoms with Gasteiger partial charge in [-0.25, -0.2) is 0 Å². The Labute approximate surface area is 186 Å². The van der Waals surface area contributed by atoms with E-state index in [1.54, 1.807) is 7.11 Å². The molecule has 0 heterocycles. The maximum atomic E-state index is 5.30. The molecule has 30 heavy (non-hydrogen) atoms. The van der Waals surface area contributed by atoms with Crippen LogP contribution in [0, 0.1) is 18.8 Å². The van der Waals surface area contributed by atoms with E-state index in [1.165, 1.54) is 29.5 Å². The molecule has 0 aromatic heterocycles. The van der Waals surface area contributed by atoms with Gasteiger partial charge in [0.1, 0.15) is 5.75 Å². The predicted molar refractivity (Wildman–Crippen MR) is 133 cm³/mol. The standard InChI is InChI=1S/C15H25NO.C13H20/c1-6-15(12(2)11-16(3)4)13-8-7-9-14(10-13)17-5;1-5-13(10(2)3)12-8-6-7-11(4)9-12/h7-10,12,15H,6,11H2,1-5H3;6-10,13H,5H2,1-4H3/t12-,15+;/m0./s1. The average Bonchev–Trinajstić information content (AvgIpc) is 2.69. The van der Waals surface area contributed by atoms with Crippen molar-refractivity contribution in [3.05, 3.63) is 65.2 Å². The highest BCUT2D eigenvalue weighted by Gasteiger charge is 2.18. The molecule has 0 fully saturated rings. The van der Waals surface area contributed by atoms with E-state index >= 15 is 0 Å². The van der Waals surface area contributed by atoms with Gasteiger partial charge in [-0.15, -0.1) is 0 Å². The van der Waals surface area contributed by atoms with Gasteiger partial charge in [0.05, 0.1) is 7.11 Å². The lowest BCUT2D eigenvalue weighted by Gasteiger charge is -2.26. The largest absolute Gasteiger partial charge is 0.497 e. The molecule has 0 aliphatic carbocycles. The third-order valence-corrected chi connectivity index (χ3v) is 6.02. The summed E-state index contributed by atoms with van der Waals surface area (Å²) in [6.07, 6.45) is 2.41. The van der Waals surface area contributed by atoms with Crippen molar-refractivity contribution in [2.75, 3.05) is 27.7 Å². The van der Waals surface area contributed by atoms with E-state index in [9.17, 15) is 0 Å². The van der Waals surface area contributed by atoms with E-state index in [4.69, 9.17) is 4.74 Å². The Morgan fingerprint density at radius 3 is 1.87 bits per heavy atom. The summed E-state index contributed by atoms with van der Waals surface area (Å²) < 4.78 is 5.30. The molecule has 168 valence electrons. The van der Waals surface area contributed by atoms with Crippen LogP contribution in [0.3, 0.4) is 0 Å². The summed E-state index contributed by atoms with van der Waals surface area (Å²) in [6, 6.07) is 17.4. The lowest BCUT2D eigenvalue weighted by atomic mass is 9.85. The Morgan fingerprint density at radius 2 is 1.40 bits per heavy atom. The Kier molecular flexibility index (Phi) is 11.8. The number of hydrogen-bond donors (Lipinski definition) is 0. The highest BCUT2D eigenvalue weighted by Crippen LogP contribution is 2.30. The number of methoxy groups -OCH3 is 1. The first kappa shape index (κ1) is 26.2. The monoisotopic (exact) mass is 411 g/mol. The summed E-state index contributed by atoms with van der Waals surface area (Å²) >= 11 is 0. The SMILES string of the molecule is CCC(c1cccc(C)c1)C(C)C.CC[C@@H](c1cccc(OC)c1)[C@@H](C)CN(C)C. The molecule has 0 amide bonds. The smallest absolute Gasteiger partial charge is 0.119 e. The molecule has 3 atom stereocenters. The van der Waals surface area contributed by atoms with Crippen molar-refractivity contribution in [2.24, 2.45) is 11.8 Å². The molecular formula is C28H45NO. The molecule has 2 aromatic rings. The fourth-order valence-corrected chi connectivity index (χ4v) is 4.53. The van der Waals surface area contributed by atoms with Crippen LogP contribution in [0.1, 0.15) is 76.0 Å². The first-order valence-electron chi connectivity index (χ1n) is 11.6. The molecule has 0 spiro atoms. The van der Waals surface area contributed by atoms with Gasteiger partial charge < -0.3 is 9.64 Å². The zero-order valence-electron chi connectivity index (χ0n) is 20.9. The summed E-state index contributed by atoms with van der Waals surface area (Å²) in [5.41, 5.74) is 4.26. The van der Waals surface area contributed by atoms with Gasteiger partial charge in [-0.1, -0.05) is 76.6 Å². The fraction of sp³-hybridized carbons (Fsp3) is 0.571.